The Kier molecular flexibility index (Phi) is 6.00. The fourth-order valence-electron chi connectivity index (χ4n) is 2.08. The highest BCUT2D eigenvalue weighted by atomic mass is 35.5. The average molecular weight is 287 g/mol. The van der Waals surface area contributed by atoms with Crippen LogP contribution in [0, 0.1) is 13.8 Å². The minimum atomic E-state index is 0.215. The van der Waals surface area contributed by atoms with Gasteiger partial charge in [-0.2, -0.15) is 0 Å². The van der Waals surface area contributed by atoms with Gasteiger partial charge >= 0.3 is 0 Å². The number of hydrogen-bond donors (Lipinski definition) is 0. The lowest BCUT2D eigenvalue weighted by Gasteiger charge is -2.29. The highest BCUT2D eigenvalue weighted by Gasteiger charge is 2.20. The summed E-state index contributed by atoms with van der Waals surface area (Å²) in [5.74, 6) is 1.19. The van der Waals surface area contributed by atoms with Crippen LogP contribution in [-0.4, -0.2) is 40.5 Å². The van der Waals surface area contributed by atoms with Crippen molar-refractivity contribution in [2.45, 2.75) is 19.9 Å². The van der Waals surface area contributed by atoms with Gasteiger partial charge in [0.15, 0.2) is 0 Å². The molecule has 0 spiro atoms. The lowest BCUT2D eigenvalue weighted by atomic mass is 9.96. The van der Waals surface area contributed by atoms with Gasteiger partial charge in [-0.15, -0.1) is 23.2 Å². The molecule has 93 valence electrons. The predicted molar refractivity (Wildman–Crippen MR) is 78.1 cm³/mol. The molecule has 0 saturated heterocycles. The predicted octanol–water partition coefficient (Wildman–Crippen LogP) is 2.55. The van der Waals surface area contributed by atoms with Crippen LogP contribution in [0.3, 0.4) is 0 Å². The van der Waals surface area contributed by atoms with E-state index in [9.17, 15) is 0 Å². The summed E-state index contributed by atoms with van der Waals surface area (Å²) in [5.41, 5.74) is 3.84. The van der Waals surface area contributed by atoms with Crippen molar-refractivity contribution in [3.63, 3.8) is 0 Å². The molecule has 0 aliphatic rings. The van der Waals surface area contributed by atoms with Crippen LogP contribution in [-0.2, 0) is 0 Å². The van der Waals surface area contributed by atoms with Gasteiger partial charge < -0.3 is 0 Å². The van der Waals surface area contributed by atoms with E-state index in [0.29, 0.717) is 11.8 Å². The highest BCUT2D eigenvalue weighted by Crippen LogP contribution is 2.26. The number of hydrogen-bond acceptors (Lipinski definition) is 1. The number of halogens is 2. The van der Waals surface area contributed by atoms with Gasteiger partial charge in [-0.05, 0) is 37.6 Å². The summed E-state index contributed by atoms with van der Waals surface area (Å²) >= 11 is 11.9. The van der Waals surface area contributed by atoms with Crippen molar-refractivity contribution < 1.29 is 0 Å². The molecule has 1 rings (SSSR count). The van der Waals surface area contributed by atoms with Crippen LogP contribution in [0.5, 0.6) is 0 Å². The lowest BCUT2D eigenvalue weighted by Crippen LogP contribution is -2.30. The SMILES string of the molecule is Cc1ccc([Si])c(C)c1C(CCl)N(C)CCCl. The second-order valence-electron chi connectivity index (χ2n) is 4.31. The van der Waals surface area contributed by atoms with Gasteiger partial charge in [-0.3, -0.25) is 4.90 Å². The van der Waals surface area contributed by atoms with Gasteiger partial charge in [-0.25, -0.2) is 0 Å². The van der Waals surface area contributed by atoms with Crippen LogP contribution in [0.2, 0.25) is 0 Å². The van der Waals surface area contributed by atoms with Crippen LogP contribution >= 0.6 is 23.2 Å². The summed E-state index contributed by atoms with van der Waals surface area (Å²) < 4.78 is 0. The summed E-state index contributed by atoms with van der Waals surface area (Å²) in [4.78, 5) is 2.21. The number of rotatable bonds is 5. The number of benzene rings is 1. The molecule has 1 nitrogen and oxygen atoms in total. The van der Waals surface area contributed by atoms with Crippen LogP contribution in [0.1, 0.15) is 22.7 Å². The zero-order chi connectivity index (χ0) is 13.0. The van der Waals surface area contributed by atoms with E-state index in [2.05, 4.69) is 48.2 Å². The van der Waals surface area contributed by atoms with E-state index >= 15 is 0 Å². The Morgan fingerprint density at radius 2 is 1.94 bits per heavy atom. The molecule has 0 amide bonds. The fraction of sp³-hybridized carbons (Fsp3) is 0.538. The summed E-state index contributed by atoms with van der Waals surface area (Å²) in [6, 6.07) is 4.42. The Hall–Kier alpha value is -0.0231. The van der Waals surface area contributed by atoms with E-state index in [1.54, 1.807) is 0 Å². The summed E-state index contributed by atoms with van der Waals surface area (Å²) in [7, 11) is 5.70. The van der Waals surface area contributed by atoms with Gasteiger partial charge in [0.2, 0.25) is 0 Å². The van der Waals surface area contributed by atoms with Gasteiger partial charge in [0.1, 0.15) is 0 Å². The minimum Gasteiger partial charge on any atom is -0.297 e. The van der Waals surface area contributed by atoms with Crippen molar-refractivity contribution in [3.05, 3.63) is 28.8 Å². The van der Waals surface area contributed by atoms with E-state index in [1.165, 1.54) is 16.7 Å². The van der Waals surface area contributed by atoms with Crippen LogP contribution in [0.4, 0.5) is 0 Å². The first kappa shape index (κ1) is 15.0. The second kappa shape index (κ2) is 6.79. The van der Waals surface area contributed by atoms with Crippen molar-refractivity contribution >= 4 is 38.6 Å². The number of alkyl halides is 2. The molecule has 1 unspecified atom stereocenters. The van der Waals surface area contributed by atoms with Crippen molar-refractivity contribution in [2.24, 2.45) is 0 Å². The minimum absolute atomic E-state index is 0.215. The normalized spacial score (nSPS) is 13.1. The molecule has 1 aromatic carbocycles. The third-order valence-electron chi connectivity index (χ3n) is 3.18. The standard InChI is InChI=1S/C13H18Cl2NSi/c1-9-4-5-12(17)10(2)13(9)11(8-15)16(3)7-6-14/h4-5,11H,6-8H2,1-3H3. The van der Waals surface area contributed by atoms with Crippen molar-refractivity contribution in [2.75, 3.05) is 25.4 Å². The zero-order valence-corrected chi connectivity index (χ0v) is 13.1. The Morgan fingerprint density at radius 1 is 1.29 bits per heavy atom. The van der Waals surface area contributed by atoms with Crippen LogP contribution in [0.15, 0.2) is 12.1 Å². The maximum absolute atomic E-state index is 6.13. The Bertz CT molecular complexity index is 382. The van der Waals surface area contributed by atoms with E-state index in [1.807, 2.05) is 0 Å². The van der Waals surface area contributed by atoms with Gasteiger partial charge in [0.05, 0.1) is 10.2 Å². The molecule has 0 heterocycles. The van der Waals surface area contributed by atoms with E-state index in [-0.39, 0.29) is 6.04 Å². The van der Waals surface area contributed by atoms with Gasteiger partial charge in [-0.1, -0.05) is 17.3 Å². The molecule has 17 heavy (non-hydrogen) atoms. The molecule has 1 atom stereocenters. The second-order valence-corrected chi connectivity index (χ2v) is 5.53. The van der Waals surface area contributed by atoms with E-state index < -0.39 is 0 Å². The maximum Gasteiger partial charge on any atom is 0.0715 e. The quantitative estimate of drug-likeness (QED) is 0.594. The summed E-state index contributed by atoms with van der Waals surface area (Å²) in [6.07, 6.45) is 0. The van der Waals surface area contributed by atoms with Crippen LogP contribution in [0.25, 0.3) is 0 Å². The third-order valence-corrected chi connectivity index (χ3v) is 4.18. The average Bonchev–Trinajstić information content (AvgIpc) is 2.30. The molecule has 3 radical (unpaired) electrons. The smallest absolute Gasteiger partial charge is 0.0715 e. The molecule has 0 saturated carbocycles. The van der Waals surface area contributed by atoms with Crippen LogP contribution < -0.4 is 5.19 Å². The zero-order valence-electron chi connectivity index (χ0n) is 10.6. The largest absolute Gasteiger partial charge is 0.297 e. The number of aryl methyl sites for hydroxylation is 1. The molecule has 1 aromatic rings. The first-order valence-electron chi connectivity index (χ1n) is 5.66. The first-order valence-corrected chi connectivity index (χ1v) is 7.23. The fourth-order valence-corrected chi connectivity index (χ4v) is 2.96. The highest BCUT2D eigenvalue weighted by molar-refractivity contribution is 6.33. The van der Waals surface area contributed by atoms with E-state index in [0.717, 1.165) is 11.7 Å². The monoisotopic (exact) mass is 286 g/mol. The molecule has 0 fully saturated rings. The first-order chi connectivity index (χ1) is 8.02. The van der Waals surface area contributed by atoms with Crippen molar-refractivity contribution in [1.82, 2.24) is 4.90 Å². The number of nitrogens with zero attached hydrogens (tertiary/aromatic N) is 1. The molecular formula is C13H18Cl2NSi. The van der Waals surface area contributed by atoms with Gasteiger partial charge in [0.25, 0.3) is 0 Å². The molecule has 0 N–H and O–H groups in total. The molecule has 4 heteroatoms. The molecular weight excluding hydrogens is 269 g/mol. The van der Waals surface area contributed by atoms with Gasteiger partial charge in [0, 0.05) is 24.3 Å². The Balaban J connectivity index is 3.15. The summed E-state index contributed by atoms with van der Waals surface area (Å²) in [6.45, 7) is 5.09. The topological polar surface area (TPSA) is 3.24 Å². The van der Waals surface area contributed by atoms with E-state index in [4.69, 9.17) is 23.2 Å². The molecule has 0 aromatic heterocycles. The maximum atomic E-state index is 6.13. The Labute approximate surface area is 118 Å². The molecule has 0 bridgehead atoms. The van der Waals surface area contributed by atoms with Crippen molar-refractivity contribution in [3.8, 4) is 0 Å². The lowest BCUT2D eigenvalue weighted by molar-refractivity contribution is 0.279. The molecule has 0 aliphatic heterocycles. The van der Waals surface area contributed by atoms with Crippen molar-refractivity contribution in [1.29, 1.82) is 0 Å². The molecule has 0 aliphatic carbocycles. The third kappa shape index (κ3) is 3.47. The Morgan fingerprint density at radius 3 is 2.47 bits per heavy atom. The summed E-state index contributed by atoms with van der Waals surface area (Å²) in [5, 5.41) is 1.12.